The van der Waals surface area contributed by atoms with E-state index in [1.165, 1.54) is 51.4 Å². The van der Waals surface area contributed by atoms with Crippen molar-refractivity contribution in [1.29, 1.82) is 0 Å². The summed E-state index contributed by atoms with van der Waals surface area (Å²) >= 11 is 0. The number of benzene rings is 1. The molecule has 1 aliphatic rings. The molecule has 1 N–H and O–H groups in total. The number of fused-ring (bicyclic) bond motifs is 1. The molecule has 0 saturated carbocycles. The lowest BCUT2D eigenvalue weighted by Gasteiger charge is -2.38. The smallest absolute Gasteiger partial charge is 0.127 e. The van der Waals surface area contributed by atoms with Crippen LogP contribution in [0.1, 0.15) is 121 Å². The fourth-order valence-corrected chi connectivity index (χ4v) is 5.42. The minimum atomic E-state index is -0.179. The number of azide groups is 1. The van der Waals surface area contributed by atoms with E-state index in [0.717, 1.165) is 65.0 Å². The highest BCUT2D eigenvalue weighted by molar-refractivity contribution is 5.59. The molecule has 0 unspecified atom stereocenters. The summed E-state index contributed by atoms with van der Waals surface area (Å²) in [6.45, 7) is 15.8. The largest absolute Gasteiger partial charge is 0.507 e. The zero-order chi connectivity index (χ0) is 25.3. The monoisotopic (exact) mass is 471 g/mol. The molecule has 0 radical (unpaired) electrons. The standard InChI is InChI=1S/C29H49N3O2/c1-20(2)11-8-12-21(3)13-9-14-22(4)15-10-17-29(7)18-16-25-26(19-31-32-30)27(33)23(5)24(6)28(25)34-29/h20-22,33H,8-19H2,1-7H3/t21-,22-,29-/m1/s1. The number of ether oxygens (including phenoxy) is 1. The number of hydrogen-bond acceptors (Lipinski definition) is 3. The van der Waals surface area contributed by atoms with Crippen LogP contribution in [0.15, 0.2) is 5.11 Å². The molecule has 34 heavy (non-hydrogen) atoms. The molecule has 2 rings (SSSR count). The first-order valence-corrected chi connectivity index (χ1v) is 13.6. The van der Waals surface area contributed by atoms with E-state index in [1.54, 1.807) is 0 Å². The molecule has 0 bridgehead atoms. The molecule has 192 valence electrons. The molecule has 0 spiro atoms. The zero-order valence-corrected chi connectivity index (χ0v) is 22.9. The van der Waals surface area contributed by atoms with E-state index in [2.05, 4.69) is 44.6 Å². The first-order valence-electron chi connectivity index (χ1n) is 13.6. The molecule has 0 aromatic heterocycles. The van der Waals surface area contributed by atoms with Gasteiger partial charge in [-0.15, -0.1) is 0 Å². The Kier molecular flexibility index (Phi) is 11.1. The Morgan fingerprint density at radius 3 is 2.15 bits per heavy atom. The molecule has 1 aromatic carbocycles. The molecular formula is C29H49N3O2. The van der Waals surface area contributed by atoms with Crippen molar-refractivity contribution in [3.05, 3.63) is 32.7 Å². The average Bonchev–Trinajstić information content (AvgIpc) is 2.77. The molecule has 1 aliphatic heterocycles. The van der Waals surface area contributed by atoms with Gasteiger partial charge in [-0.1, -0.05) is 77.8 Å². The Bertz CT molecular complexity index is 845. The highest BCUT2D eigenvalue weighted by Crippen LogP contribution is 2.45. The Hall–Kier alpha value is -1.87. The number of phenols is 1. The minimum Gasteiger partial charge on any atom is -0.507 e. The van der Waals surface area contributed by atoms with Crippen molar-refractivity contribution < 1.29 is 9.84 Å². The van der Waals surface area contributed by atoms with Gasteiger partial charge in [0.1, 0.15) is 17.1 Å². The van der Waals surface area contributed by atoms with Gasteiger partial charge in [0, 0.05) is 16.0 Å². The first kappa shape index (κ1) is 28.4. The van der Waals surface area contributed by atoms with Crippen molar-refractivity contribution in [3.63, 3.8) is 0 Å². The van der Waals surface area contributed by atoms with Gasteiger partial charge in [-0.3, -0.25) is 0 Å². The molecule has 0 saturated heterocycles. The predicted molar refractivity (Wildman–Crippen MR) is 143 cm³/mol. The summed E-state index contributed by atoms with van der Waals surface area (Å²) in [5.74, 6) is 3.59. The number of rotatable bonds is 14. The van der Waals surface area contributed by atoms with E-state index < -0.39 is 0 Å². The Morgan fingerprint density at radius 2 is 1.56 bits per heavy atom. The minimum absolute atomic E-state index is 0.166. The third kappa shape index (κ3) is 8.12. The Labute approximate surface area is 208 Å². The van der Waals surface area contributed by atoms with Gasteiger partial charge in [0.05, 0.1) is 6.54 Å². The summed E-state index contributed by atoms with van der Waals surface area (Å²) in [6, 6.07) is 0. The molecule has 3 atom stereocenters. The van der Waals surface area contributed by atoms with Crippen LogP contribution in [0.4, 0.5) is 0 Å². The van der Waals surface area contributed by atoms with Crippen LogP contribution in [-0.2, 0) is 13.0 Å². The zero-order valence-electron chi connectivity index (χ0n) is 22.9. The van der Waals surface area contributed by atoms with Crippen LogP contribution in [0, 0.1) is 31.6 Å². The topological polar surface area (TPSA) is 78.2 Å². The maximum Gasteiger partial charge on any atom is 0.127 e. The fraction of sp³-hybridized carbons (Fsp3) is 0.793. The van der Waals surface area contributed by atoms with Gasteiger partial charge < -0.3 is 9.84 Å². The van der Waals surface area contributed by atoms with Crippen LogP contribution >= 0.6 is 0 Å². The van der Waals surface area contributed by atoms with Crippen LogP contribution in [0.3, 0.4) is 0 Å². The van der Waals surface area contributed by atoms with E-state index in [1.807, 2.05) is 13.8 Å². The number of phenolic OH excluding ortho intramolecular Hbond substituents is 1. The summed E-state index contributed by atoms with van der Waals surface area (Å²) in [5.41, 5.74) is 12.1. The second-order valence-corrected chi connectivity index (χ2v) is 11.7. The Balaban J connectivity index is 1.84. The van der Waals surface area contributed by atoms with Crippen molar-refractivity contribution in [2.45, 2.75) is 131 Å². The SMILES string of the molecule is Cc1c(C)c2c(c(CN=[N+]=[N-])c1O)CC[C@@](C)(CCC[C@H](C)CCC[C@H](C)CCCC(C)C)O2. The number of hydrogen-bond donors (Lipinski definition) is 1. The number of nitrogens with zero attached hydrogens (tertiary/aromatic N) is 3. The van der Waals surface area contributed by atoms with Crippen LogP contribution in [-0.4, -0.2) is 10.7 Å². The van der Waals surface area contributed by atoms with Gasteiger partial charge in [0.2, 0.25) is 0 Å². The third-order valence-electron chi connectivity index (χ3n) is 8.00. The molecule has 1 heterocycles. The van der Waals surface area contributed by atoms with E-state index in [9.17, 15) is 5.11 Å². The van der Waals surface area contributed by atoms with Crippen molar-refractivity contribution in [2.75, 3.05) is 0 Å². The molecule has 0 fully saturated rings. The normalized spacial score (nSPS) is 19.3. The van der Waals surface area contributed by atoms with Crippen LogP contribution in [0.5, 0.6) is 11.5 Å². The molecule has 1 aromatic rings. The average molecular weight is 472 g/mol. The van der Waals surface area contributed by atoms with E-state index in [-0.39, 0.29) is 17.9 Å². The lowest BCUT2D eigenvalue weighted by molar-refractivity contribution is 0.0511. The molecule has 0 amide bonds. The molecular weight excluding hydrogens is 422 g/mol. The first-order chi connectivity index (χ1) is 16.1. The van der Waals surface area contributed by atoms with Gasteiger partial charge in [-0.25, -0.2) is 0 Å². The maximum absolute atomic E-state index is 10.6. The summed E-state index contributed by atoms with van der Waals surface area (Å²) in [5, 5.41) is 14.3. The summed E-state index contributed by atoms with van der Waals surface area (Å²) in [4.78, 5) is 2.88. The van der Waals surface area contributed by atoms with Crippen molar-refractivity contribution in [2.24, 2.45) is 22.9 Å². The van der Waals surface area contributed by atoms with Crippen LogP contribution in [0.2, 0.25) is 0 Å². The Morgan fingerprint density at radius 1 is 0.971 bits per heavy atom. The van der Waals surface area contributed by atoms with Gasteiger partial charge in [0.15, 0.2) is 0 Å². The molecule has 5 heteroatoms. The van der Waals surface area contributed by atoms with Crippen molar-refractivity contribution >= 4 is 0 Å². The van der Waals surface area contributed by atoms with Crippen LogP contribution in [0.25, 0.3) is 10.4 Å². The summed E-state index contributed by atoms with van der Waals surface area (Å²) < 4.78 is 6.61. The van der Waals surface area contributed by atoms with Crippen molar-refractivity contribution in [1.82, 2.24) is 0 Å². The van der Waals surface area contributed by atoms with Gasteiger partial charge in [-0.2, -0.15) is 0 Å². The fourth-order valence-electron chi connectivity index (χ4n) is 5.42. The van der Waals surface area contributed by atoms with Gasteiger partial charge in [0.25, 0.3) is 0 Å². The van der Waals surface area contributed by atoms with Gasteiger partial charge in [-0.05, 0) is 80.9 Å². The predicted octanol–water partition coefficient (Wildman–Crippen LogP) is 9.34. The molecule has 5 nitrogen and oxygen atoms in total. The highest BCUT2D eigenvalue weighted by atomic mass is 16.5. The molecule has 0 aliphatic carbocycles. The van der Waals surface area contributed by atoms with E-state index >= 15 is 0 Å². The highest BCUT2D eigenvalue weighted by Gasteiger charge is 2.34. The maximum atomic E-state index is 10.6. The lowest BCUT2D eigenvalue weighted by atomic mass is 9.83. The summed E-state index contributed by atoms with van der Waals surface area (Å²) in [7, 11) is 0. The lowest BCUT2D eigenvalue weighted by Crippen LogP contribution is -2.37. The second-order valence-electron chi connectivity index (χ2n) is 11.7. The van der Waals surface area contributed by atoms with E-state index in [4.69, 9.17) is 10.3 Å². The summed E-state index contributed by atoms with van der Waals surface area (Å²) in [6.07, 6.45) is 13.4. The van der Waals surface area contributed by atoms with Crippen LogP contribution < -0.4 is 4.74 Å². The van der Waals surface area contributed by atoms with Crippen molar-refractivity contribution in [3.8, 4) is 11.5 Å². The second kappa shape index (κ2) is 13.3. The third-order valence-corrected chi connectivity index (χ3v) is 8.00. The quantitative estimate of drug-likeness (QED) is 0.167. The van der Waals surface area contributed by atoms with Gasteiger partial charge >= 0.3 is 0 Å². The number of aromatic hydroxyl groups is 1. The van der Waals surface area contributed by atoms with E-state index in [0.29, 0.717) is 0 Å².